The second-order valence-electron chi connectivity index (χ2n) is 5.91. The van der Waals surface area contributed by atoms with Crippen LogP contribution in [0.1, 0.15) is 5.56 Å². The van der Waals surface area contributed by atoms with Gasteiger partial charge in [-0.2, -0.15) is 4.98 Å². The van der Waals surface area contributed by atoms with Crippen molar-refractivity contribution in [1.29, 1.82) is 0 Å². The molecule has 1 aromatic carbocycles. The van der Waals surface area contributed by atoms with E-state index in [0.29, 0.717) is 24.7 Å². The molecule has 0 atom stereocenters. The maximum absolute atomic E-state index is 12.4. The minimum absolute atomic E-state index is 0.174. The van der Waals surface area contributed by atoms with E-state index in [1.54, 1.807) is 31.3 Å². The van der Waals surface area contributed by atoms with Gasteiger partial charge in [0.05, 0.1) is 25.3 Å². The summed E-state index contributed by atoms with van der Waals surface area (Å²) in [6.45, 7) is 2.87. The van der Waals surface area contributed by atoms with E-state index in [9.17, 15) is 4.79 Å². The average molecular weight is 393 g/mol. The van der Waals surface area contributed by atoms with Crippen molar-refractivity contribution in [3.63, 3.8) is 0 Å². The Morgan fingerprint density at radius 3 is 2.81 bits per heavy atom. The molecule has 2 aromatic rings. The van der Waals surface area contributed by atoms with Crippen LogP contribution in [-0.4, -0.2) is 59.8 Å². The zero-order valence-electron chi connectivity index (χ0n) is 14.6. The van der Waals surface area contributed by atoms with E-state index in [1.165, 1.54) is 0 Å². The number of piperazine rings is 1. The molecule has 1 saturated heterocycles. The Hall–Kier alpha value is -1.99. The summed E-state index contributed by atoms with van der Waals surface area (Å²) in [7, 11) is 1.57. The number of hydrogen-bond donors (Lipinski definition) is 0. The van der Waals surface area contributed by atoms with Crippen LogP contribution in [0.2, 0.25) is 5.02 Å². The van der Waals surface area contributed by atoms with Gasteiger partial charge in [0, 0.05) is 37.0 Å². The van der Waals surface area contributed by atoms with E-state index in [1.807, 2.05) is 29.2 Å². The van der Waals surface area contributed by atoms with Gasteiger partial charge < -0.3 is 14.5 Å². The Kier molecular flexibility index (Phi) is 6.57. The lowest BCUT2D eigenvalue weighted by atomic mass is 10.2. The number of benzene rings is 1. The van der Waals surface area contributed by atoms with Crippen molar-refractivity contribution in [2.75, 3.05) is 43.9 Å². The largest absolute Gasteiger partial charge is 0.480 e. The number of aromatic nitrogens is 2. The molecule has 0 radical (unpaired) electrons. The van der Waals surface area contributed by atoms with Gasteiger partial charge in [-0.3, -0.25) is 9.78 Å². The minimum atomic E-state index is 0.174. The fourth-order valence-electron chi connectivity index (χ4n) is 2.75. The number of amides is 1. The van der Waals surface area contributed by atoms with Crippen molar-refractivity contribution in [1.82, 2.24) is 14.9 Å². The number of halogens is 1. The zero-order valence-corrected chi connectivity index (χ0v) is 16.2. The number of rotatable bonds is 6. The number of carbonyl (C=O) groups is 1. The zero-order chi connectivity index (χ0) is 18.4. The van der Waals surface area contributed by atoms with Gasteiger partial charge in [-0.25, -0.2) is 0 Å². The van der Waals surface area contributed by atoms with Gasteiger partial charge in [0.25, 0.3) is 0 Å². The van der Waals surface area contributed by atoms with Crippen LogP contribution >= 0.6 is 23.4 Å². The molecule has 3 rings (SSSR count). The third kappa shape index (κ3) is 5.02. The molecule has 1 aromatic heterocycles. The Bertz CT molecular complexity index is 753. The Balaban J connectivity index is 1.44. The molecule has 6 nitrogen and oxygen atoms in total. The maximum atomic E-state index is 12.4. The molecule has 0 aliphatic carbocycles. The van der Waals surface area contributed by atoms with Crippen LogP contribution in [0.5, 0.6) is 5.88 Å². The fraction of sp³-hybridized carbons (Fsp3) is 0.389. The summed E-state index contributed by atoms with van der Waals surface area (Å²) in [6, 6.07) is 7.75. The van der Waals surface area contributed by atoms with Crippen LogP contribution < -0.4 is 9.64 Å². The van der Waals surface area contributed by atoms with Crippen molar-refractivity contribution in [2.24, 2.45) is 0 Å². The normalized spacial score (nSPS) is 14.4. The molecule has 8 heteroatoms. The monoisotopic (exact) mass is 392 g/mol. The van der Waals surface area contributed by atoms with Gasteiger partial charge in [-0.15, -0.1) is 11.8 Å². The van der Waals surface area contributed by atoms with E-state index < -0.39 is 0 Å². The van der Waals surface area contributed by atoms with Gasteiger partial charge in [0.1, 0.15) is 0 Å². The van der Waals surface area contributed by atoms with E-state index in [2.05, 4.69) is 14.9 Å². The summed E-state index contributed by atoms with van der Waals surface area (Å²) in [5.74, 6) is 2.72. The van der Waals surface area contributed by atoms with E-state index >= 15 is 0 Å². The molecule has 138 valence electrons. The van der Waals surface area contributed by atoms with Gasteiger partial charge in [0.2, 0.25) is 11.8 Å². The number of anilines is 1. The standard InChI is InChI=1S/C18H21ClN4O2S/c1-25-17-11-20-10-16(21-17)22-5-7-23(8-6-22)18(24)13-26-12-14-3-2-4-15(19)9-14/h2-4,9-11H,5-8,12-13H2,1H3. The molecule has 0 unspecified atom stereocenters. The summed E-state index contributed by atoms with van der Waals surface area (Å²) in [5, 5.41) is 0.728. The van der Waals surface area contributed by atoms with Crippen molar-refractivity contribution < 1.29 is 9.53 Å². The summed E-state index contributed by atoms with van der Waals surface area (Å²) in [5.41, 5.74) is 1.14. The minimum Gasteiger partial charge on any atom is -0.480 e. The Morgan fingerprint density at radius 2 is 2.08 bits per heavy atom. The number of methoxy groups -OCH3 is 1. The van der Waals surface area contributed by atoms with Gasteiger partial charge in [-0.05, 0) is 17.7 Å². The smallest absolute Gasteiger partial charge is 0.233 e. The number of thioether (sulfide) groups is 1. The van der Waals surface area contributed by atoms with Gasteiger partial charge in [0.15, 0.2) is 5.82 Å². The first kappa shape index (κ1) is 18.8. The van der Waals surface area contributed by atoms with Gasteiger partial charge in [-0.1, -0.05) is 23.7 Å². The van der Waals surface area contributed by atoms with E-state index in [0.717, 1.165) is 35.2 Å². The lowest BCUT2D eigenvalue weighted by molar-refractivity contribution is -0.128. The fourth-order valence-corrected chi connectivity index (χ4v) is 3.84. The maximum Gasteiger partial charge on any atom is 0.233 e. The Labute approximate surface area is 162 Å². The van der Waals surface area contributed by atoms with Crippen LogP contribution in [0.4, 0.5) is 5.82 Å². The van der Waals surface area contributed by atoms with Crippen LogP contribution in [-0.2, 0) is 10.5 Å². The predicted molar refractivity (Wildman–Crippen MR) is 105 cm³/mol. The molecule has 0 bridgehead atoms. The summed E-state index contributed by atoms with van der Waals surface area (Å²) in [4.78, 5) is 25.0. The molecule has 0 spiro atoms. The third-order valence-electron chi connectivity index (χ3n) is 4.15. The molecule has 0 saturated carbocycles. The van der Waals surface area contributed by atoms with Crippen molar-refractivity contribution in [3.05, 3.63) is 47.2 Å². The first-order valence-corrected chi connectivity index (χ1v) is 9.90. The van der Waals surface area contributed by atoms with Crippen molar-refractivity contribution >= 4 is 35.1 Å². The van der Waals surface area contributed by atoms with Gasteiger partial charge >= 0.3 is 0 Å². The quantitative estimate of drug-likeness (QED) is 0.753. The van der Waals surface area contributed by atoms with E-state index in [4.69, 9.17) is 16.3 Å². The highest BCUT2D eigenvalue weighted by molar-refractivity contribution is 7.99. The molecule has 1 amide bonds. The molecule has 1 aliphatic heterocycles. The van der Waals surface area contributed by atoms with Crippen LogP contribution in [0.3, 0.4) is 0 Å². The second kappa shape index (κ2) is 9.09. The molecule has 1 fully saturated rings. The average Bonchev–Trinajstić information content (AvgIpc) is 2.68. The highest BCUT2D eigenvalue weighted by atomic mass is 35.5. The molecule has 26 heavy (non-hydrogen) atoms. The van der Waals surface area contributed by atoms with Crippen LogP contribution in [0.25, 0.3) is 0 Å². The van der Waals surface area contributed by atoms with E-state index in [-0.39, 0.29) is 5.91 Å². The number of carbonyl (C=O) groups excluding carboxylic acids is 1. The summed E-state index contributed by atoms with van der Waals surface area (Å²) in [6.07, 6.45) is 3.31. The number of ether oxygens (including phenoxy) is 1. The lowest BCUT2D eigenvalue weighted by Gasteiger charge is -2.35. The first-order valence-electron chi connectivity index (χ1n) is 8.36. The topological polar surface area (TPSA) is 58.6 Å². The molecular weight excluding hydrogens is 372 g/mol. The highest BCUT2D eigenvalue weighted by Crippen LogP contribution is 2.19. The number of nitrogens with zero attached hydrogens (tertiary/aromatic N) is 4. The molecule has 1 aliphatic rings. The molecule has 0 N–H and O–H groups in total. The SMILES string of the molecule is COc1cncc(N2CCN(C(=O)CSCc3cccc(Cl)c3)CC2)n1. The second-order valence-corrected chi connectivity index (χ2v) is 7.33. The first-order chi connectivity index (χ1) is 12.7. The predicted octanol–water partition coefficient (Wildman–Crippen LogP) is 2.72. The lowest BCUT2D eigenvalue weighted by Crippen LogP contribution is -2.49. The van der Waals surface area contributed by atoms with Crippen LogP contribution in [0, 0.1) is 0 Å². The van der Waals surface area contributed by atoms with Crippen LogP contribution in [0.15, 0.2) is 36.7 Å². The number of hydrogen-bond acceptors (Lipinski definition) is 6. The summed E-state index contributed by atoms with van der Waals surface area (Å²) < 4.78 is 5.12. The van der Waals surface area contributed by atoms with Crippen molar-refractivity contribution in [3.8, 4) is 5.88 Å². The highest BCUT2D eigenvalue weighted by Gasteiger charge is 2.22. The molecule has 2 heterocycles. The van der Waals surface area contributed by atoms with Crippen molar-refractivity contribution in [2.45, 2.75) is 5.75 Å². The Morgan fingerprint density at radius 1 is 1.27 bits per heavy atom. The third-order valence-corrected chi connectivity index (χ3v) is 5.37. The summed E-state index contributed by atoms with van der Waals surface area (Å²) >= 11 is 7.60. The molecular formula is C18H21ClN4O2S.